The second-order valence-electron chi connectivity index (χ2n) is 4.56. The molecule has 3 rings (SSSR count). The summed E-state index contributed by atoms with van der Waals surface area (Å²) in [5.74, 6) is 1.69. The van der Waals surface area contributed by atoms with Gasteiger partial charge in [0.15, 0.2) is 0 Å². The standard InChI is InChI=1S/C16H14BrN3O/c1-21-12-7-5-11(6-8-12)9-18-16-13-3-2-4-14(17)15(13)19-10-20-16/h2-8,10H,9H2,1H3,(H,18,19,20). The zero-order valence-corrected chi connectivity index (χ0v) is 13.1. The number of ether oxygens (including phenoxy) is 1. The van der Waals surface area contributed by atoms with E-state index in [2.05, 4.69) is 31.2 Å². The van der Waals surface area contributed by atoms with Crippen LogP contribution in [-0.2, 0) is 6.54 Å². The van der Waals surface area contributed by atoms with Gasteiger partial charge in [0.25, 0.3) is 0 Å². The molecule has 0 atom stereocenters. The van der Waals surface area contributed by atoms with Crippen molar-refractivity contribution in [1.82, 2.24) is 9.97 Å². The summed E-state index contributed by atoms with van der Waals surface area (Å²) in [7, 11) is 1.66. The van der Waals surface area contributed by atoms with Crippen LogP contribution < -0.4 is 10.1 Å². The Bertz CT molecular complexity index is 759. The van der Waals surface area contributed by atoms with Crippen molar-refractivity contribution in [1.29, 1.82) is 0 Å². The molecule has 0 bridgehead atoms. The predicted molar refractivity (Wildman–Crippen MR) is 87.6 cm³/mol. The number of nitrogens with zero attached hydrogens (tertiary/aromatic N) is 2. The maximum Gasteiger partial charge on any atom is 0.137 e. The summed E-state index contributed by atoms with van der Waals surface area (Å²) in [5, 5.41) is 4.36. The second-order valence-corrected chi connectivity index (χ2v) is 5.41. The molecular weight excluding hydrogens is 330 g/mol. The monoisotopic (exact) mass is 343 g/mol. The SMILES string of the molecule is COc1ccc(CNc2ncnc3c(Br)cccc23)cc1. The van der Waals surface area contributed by atoms with Crippen molar-refractivity contribution in [2.75, 3.05) is 12.4 Å². The summed E-state index contributed by atoms with van der Waals surface area (Å²) in [6.07, 6.45) is 1.57. The van der Waals surface area contributed by atoms with E-state index in [1.54, 1.807) is 13.4 Å². The third-order valence-corrected chi connectivity index (χ3v) is 3.87. The lowest BCUT2D eigenvalue weighted by Crippen LogP contribution is -2.02. The van der Waals surface area contributed by atoms with Crippen LogP contribution in [0, 0.1) is 0 Å². The number of rotatable bonds is 4. The minimum absolute atomic E-state index is 0.697. The molecule has 0 aliphatic heterocycles. The first kappa shape index (κ1) is 13.8. The van der Waals surface area contributed by atoms with E-state index in [0.717, 1.165) is 32.5 Å². The Kier molecular flexibility index (Phi) is 4.01. The van der Waals surface area contributed by atoms with Crippen LogP contribution in [0.3, 0.4) is 0 Å². The first-order chi connectivity index (χ1) is 10.3. The number of halogens is 1. The topological polar surface area (TPSA) is 47.0 Å². The van der Waals surface area contributed by atoms with Crippen molar-refractivity contribution in [2.24, 2.45) is 0 Å². The number of para-hydroxylation sites is 1. The van der Waals surface area contributed by atoms with Gasteiger partial charge >= 0.3 is 0 Å². The molecule has 3 aromatic rings. The van der Waals surface area contributed by atoms with Gasteiger partial charge in [0.05, 0.1) is 12.6 Å². The molecule has 2 aromatic carbocycles. The molecule has 0 saturated carbocycles. The fourth-order valence-corrected chi connectivity index (χ4v) is 2.59. The number of hydrogen-bond donors (Lipinski definition) is 1. The van der Waals surface area contributed by atoms with Crippen LogP contribution in [0.5, 0.6) is 5.75 Å². The highest BCUT2D eigenvalue weighted by atomic mass is 79.9. The Morgan fingerprint density at radius 3 is 2.67 bits per heavy atom. The molecule has 0 aliphatic carbocycles. The normalized spacial score (nSPS) is 10.6. The van der Waals surface area contributed by atoms with E-state index in [9.17, 15) is 0 Å². The lowest BCUT2D eigenvalue weighted by Gasteiger charge is -2.09. The Balaban J connectivity index is 1.83. The minimum Gasteiger partial charge on any atom is -0.497 e. The van der Waals surface area contributed by atoms with Crippen LogP contribution in [0.25, 0.3) is 10.9 Å². The van der Waals surface area contributed by atoms with Crippen LogP contribution in [0.15, 0.2) is 53.3 Å². The molecule has 0 fully saturated rings. The molecule has 1 N–H and O–H groups in total. The van der Waals surface area contributed by atoms with Gasteiger partial charge in [-0.15, -0.1) is 0 Å². The highest BCUT2D eigenvalue weighted by molar-refractivity contribution is 9.10. The van der Waals surface area contributed by atoms with Crippen LogP contribution in [-0.4, -0.2) is 17.1 Å². The molecule has 0 unspecified atom stereocenters. The number of methoxy groups -OCH3 is 1. The van der Waals surface area contributed by atoms with Crippen LogP contribution in [0.1, 0.15) is 5.56 Å². The van der Waals surface area contributed by atoms with Crippen molar-refractivity contribution in [3.63, 3.8) is 0 Å². The molecule has 0 saturated heterocycles. The molecule has 1 aromatic heterocycles. The average Bonchev–Trinajstić information content (AvgIpc) is 2.54. The number of anilines is 1. The largest absolute Gasteiger partial charge is 0.497 e. The van der Waals surface area contributed by atoms with Gasteiger partial charge < -0.3 is 10.1 Å². The zero-order valence-electron chi connectivity index (χ0n) is 11.5. The highest BCUT2D eigenvalue weighted by Gasteiger charge is 2.05. The Hall–Kier alpha value is -2.14. The number of hydrogen-bond acceptors (Lipinski definition) is 4. The van der Waals surface area contributed by atoms with Crippen molar-refractivity contribution in [3.05, 3.63) is 58.8 Å². The third kappa shape index (κ3) is 2.97. The van der Waals surface area contributed by atoms with Crippen molar-refractivity contribution in [2.45, 2.75) is 6.54 Å². The summed E-state index contributed by atoms with van der Waals surface area (Å²) in [4.78, 5) is 8.63. The lowest BCUT2D eigenvalue weighted by molar-refractivity contribution is 0.414. The first-order valence-electron chi connectivity index (χ1n) is 6.54. The Morgan fingerprint density at radius 2 is 1.90 bits per heavy atom. The second kappa shape index (κ2) is 6.10. The van der Waals surface area contributed by atoms with Gasteiger partial charge in [-0.25, -0.2) is 9.97 Å². The highest BCUT2D eigenvalue weighted by Crippen LogP contribution is 2.26. The lowest BCUT2D eigenvalue weighted by atomic mass is 10.2. The van der Waals surface area contributed by atoms with Gasteiger partial charge in [-0.3, -0.25) is 0 Å². The summed E-state index contributed by atoms with van der Waals surface area (Å²) in [5.41, 5.74) is 2.07. The van der Waals surface area contributed by atoms with E-state index in [4.69, 9.17) is 4.74 Å². The first-order valence-corrected chi connectivity index (χ1v) is 7.33. The fraction of sp³-hybridized carbons (Fsp3) is 0.125. The Labute approximate surface area is 131 Å². The van der Waals surface area contributed by atoms with E-state index in [1.807, 2.05) is 42.5 Å². The van der Waals surface area contributed by atoms with E-state index in [0.29, 0.717) is 6.54 Å². The van der Waals surface area contributed by atoms with Crippen LogP contribution >= 0.6 is 15.9 Å². The van der Waals surface area contributed by atoms with E-state index < -0.39 is 0 Å². The summed E-state index contributed by atoms with van der Waals surface area (Å²) in [6, 6.07) is 13.9. The summed E-state index contributed by atoms with van der Waals surface area (Å²) in [6.45, 7) is 0.697. The van der Waals surface area contributed by atoms with Crippen molar-refractivity contribution < 1.29 is 4.74 Å². The zero-order chi connectivity index (χ0) is 14.7. The van der Waals surface area contributed by atoms with Gasteiger partial charge in [0.2, 0.25) is 0 Å². The van der Waals surface area contributed by atoms with Crippen molar-refractivity contribution >= 4 is 32.7 Å². The molecule has 4 nitrogen and oxygen atoms in total. The Morgan fingerprint density at radius 1 is 1.10 bits per heavy atom. The van der Waals surface area contributed by atoms with Gasteiger partial charge in [-0.1, -0.05) is 18.2 Å². The minimum atomic E-state index is 0.697. The molecule has 0 spiro atoms. The molecular formula is C16H14BrN3O. The van der Waals surface area contributed by atoms with Gasteiger partial charge in [-0.05, 0) is 45.8 Å². The quantitative estimate of drug-likeness (QED) is 0.777. The molecule has 0 aliphatic rings. The summed E-state index contributed by atoms with van der Waals surface area (Å²) < 4.78 is 6.12. The van der Waals surface area contributed by atoms with Gasteiger partial charge in [-0.2, -0.15) is 0 Å². The van der Waals surface area contributed by atoms with Crippen LogP contribution in [0.2, 0.25) is 0 Å². The van der Waals surface area contributed by atoms with Gasteiger partial charge in [0.1, 0.15) is 17.9 Å². The smallest absolute Gasteiger partial charge is 0.137 e. The van der Waals surface area contributed by atoms with Crippen molar-refractivity contribution in [3.8, 4) is 5.75 Å². The molecule has 0 amide bonds. The predicted octanol–water partition coefficient (Wildman–Crippen LogP) is 4.01. The van der Waals surface area contributed by atoms with Crippen LogP contribution in [0.4, 0.5) is 5.82 Å². The fourth-order valence-electron chi connectivity index (χ4n) is 2.12. The third-order valence-electron chi connectivity index (χ3n) is 3.23. The summed E-state index contributed by atoms with van der Waals surface area (Å²) >= 11 is 3.51. The maximum atomic E-state index is 5.16. The molecule has 106 valence electrons. The molecule has 0 radical (unpaired) electrons. The van der Waals surface area contributed by atoms with E-state index >= 15 is 0 Å². The number of nitrogens with one attached hydrogen (secondary N) is 1. The maximum absolute atomic E-state index is 5.16. The van der Waals surface area contributed by atoms with Gasteiger partial charge in [0, 0.05) is 16.4 Å². The average molecular weight is 344 g/mol. The van der Waals surface area contributed by atoms with E-state index in [-0.39, 0.29) is 0 Å². The molecule has 21 heavy (non-hydrogen) atoms. The number of aromatic nitrogens is 2. The molecule has 1 heterocycles. The number of fused-ring (bicyclic) bond motifs is 1. The molecule has 5 heteroatoms. The van der Waals surface area contributed by atoms with E-state index in [1.165, 1.54) is 0 Å². The number of benzene rings is 2.